The SMILES string of the molecule is COC(=O)CCCCC[C@@H]1C[C@H]([C@H](O)[C@@H](C)O[Si](C)(C)C(C)(C)C)ON1Cc1ccccc1. The second-order valence-electron chi connectivity index (χ2n) is 10.8. The number of rotatable bonds is 12. The standard InChI is InChI=1S/C26H45NO5Si/c1-20(32-33(6,7)26(2,3)4)25(29)23-18-22(16-12-9-13-17-24(28)30-5)27(31-23)19-21-14-10-8-11-15-21/h8,10-11,14-15,20,22-23,25,29H,9,12-13,16-19H2,1-7H3/t20-,22-,23-,25-/m1/s1. The third kappa shape index (κ3) is 8.48. The summed E-state index contributed by atoms with van der Waals surface area (Å²) < 4.78 is 11.2. The Hall–Kier alpha value is -1.25. The van der Waals surface area contributed by atoms with E-state index in [1.807, 2.05) is 30.2 Å². The fourth-order valence-corrected chi connectivity index (χ4v) is 5.45. The number of carbonyl (C=O) groups is 1. The molecule has 2 rings (SSSR count). The van der Waals surface area contributed by atoms with Crippen molar-refractivity contribution in [2.75, 3.05) is 7.11 Å². The molecule has 0 radical (unpaired) electrons. The van der Waals surface area contributed by atoms with Crippen molar-refractivity contribution in [2.24, 2.45) is 0 Å². The summed E-state index contributed by atoms with van der Waals surface area (Å²) in [5, 5.41) is 13.3. The van der Waals surface area contributed by atoms with Gasteiger partial charge >= 0.3 is 5.97 Å². The van der Waals surface area contributed by atoms with Gasteiger partial charge in [0.15, 0.2) is 8.32 Å². The van der Waals surface area contributed by atoms with Gasteiger partial charge in [0.2, 0.25) is 0 Å². The van der Waals surface area contributed by atoms with Crippen LogP contribution < -0.4 is 0 Å². The Balaban J connectivity index is 1.99. The number of carbonyl (C=O) groups excluding carboxylic acids is 1. The van der Waals surface area contributed by atoms with Crippen molar-refractivity contribution in [3.05, 3.63) is 35.9 Å². The Kier molecular flexibility index (Phi) is 10.6. The molecule has 1 aliphatic heterocycles. The average Bonchev–Trinajstić information content (AvgIpc) is 3.14. The smallest absolute Gasteiger partial charge is 0.305 e. The molecule has 1 heterocycles. The molecule has 1 saturated heterocycles. The van der Waals surface area contributed by atoms with Crippen molar-refractivity contribution in [1.29, 1.82) is 0 Å². The average molecular weight is 480 g/mol. The van der Waals surface area contributed by atoms with Crippen LogP contribution in [0.25, 0.3) is 0 Å². The first-order chi connectivity index (χ1) is 15.4. The molecular formula is C26H45NO5Si. The van der Waals surface area contributed by atoms with Gasteiger partial charge in [-0.05, 0) is 49.9 Å². The van der Waals surface area contributed by atoms with Crippen LogP contribution in [-0.4, -0.2) is 55.9 Å². The number of nitrogens with zero attached hydrogens (tertiary/aromatic N) is 1. The summed E-state index contributed by atoms with van der Waals surface area (Å²) in [6, 6.07) is 10.5. The highest BCUT2D eigenvalue weighted by Gasteiger charge is 2.43. The van der Waals surface area contributed by atoms with Crippen LogP contribution in [0.15, 0.2) is 30.3 Å². The Labute approximate surface area is 201 Å². The third-order valence-corrected chi connectivity index (χ3v) is 11.7. The predicted molar refractivity (Wildman–Crippen MR) is 134 cm³/mol. The van der Waals surface area contributed by atoms with Crippen molar-refractivity contribution in [3.8, 4) is 0 Å². The van der Waals surface area contributed by atoms with Crippen molar-refractivity contribution < 1.29 is 23.9 Å². The zero-order valence-electron chi connectivity index (χ0n) is 21.7. The van der Waals surface area contributed by atoms with Gasteiger partial charge in [0, 0.05) is 19.0 Å². The molecule has 0 amide bonds. The van der Waals surface area contributed by atoms with E-state index in [0.717, 1.165) is 32.1 Å². The minimum Gasteiger partial charge on any atom is -0.469 e. The lowest BCUT2D eigenvalue weighted by molar-refractivity contribution is -0.200. The number of hydrogen-bond donors (Lipinski definition) is 1. The maximum atomic E-state index is 11.3. The Morgan fingerprint density at radius 3 is 2.48 bits per heavy atom. The quantitative estimate of drug-likeness (QED) is 0.244. The van der Waals surface area contributed by atoms with E-state index in [9.17, 15) is 9.90 Å². The Morgan fingerprint density at radius 1 is 1.21 bits per heavy atom. The maximum Gasteiger partial charge on any atom is 0.305 e. The van der Waals surface area contributed by atoms with Gasteiger partial charge in [-0.15, -0.1) is 0 Å². The normalized spacial score (nSPS) is 21.7. The van der Waals surface area contributed by atoms with Gasteiger partial charge in [-0.3, -0.25) is 9.63 Å². The lowest BCUT2D eigenvalue weighted by Crippen LogP contribution is -2.48. The number of esters is 1. The van der Waals surface area contributed by atoms with Gasteiger partial charge in [-0.2, -0.15) is 5.06 Å². The van der Waals surface area contributed by atoms with Gasteiger partial charge in [-0.25, -0.2) is 0 Å². The number of hydroxylamine groups is 2. The zero-order valence-corrected chi connectivity index (χ0v) is 22.7. The van der Waals surface area contributed by atoms with Gasteiger partial charge in [0.1, 0.15) is 12.2 Å². The Bertz CT molecular complexity index is 721. The topological polar surface area (TPSA) is 68.2 Å². The van der Waals surface area contributed by atoms with Gasteiger partial charge in [-0.1, -0.05) is 63.9 Å². The van der Waals surface area contributed by atoms with E-state index in [-0.39, 0.29) is 29.3 Å². The van der Waals surface area contributed by atoms with E-state index in [1.165, 1.54) is 12.7 Å². The molecule has 1 aromatic carbocycles. The first-order valence-corrected chi connectivity index (χ1v) is 15.3. The molecule has 0 spiro atoms. The lowest BCUT2D eigenvalue weighted by Gasteiger charge is -2.40. The summed E-state index contributed by atoms with van der Waals surface area (Å²) in [5.74, 6) is -0.149. The van der Waals surface area contributed by atoms with E-state index in [1.54, 1.807) is 0 Å². The molecular weight excluding hydrogens is 434 g/mol. The minimum atomic E-state index is -1.99. The predicted octanol–water partition coefficient (Wildman–Crippen LogP) is 5.46. The van der Waals surface area contributed by atoms with Crippen LogP contribution in [0.4, 0.5) is 0 Å². The highest BCUT2D eigenvalue weighted by atomic mass is 28.4. The Morgan fingerprint density at radius 2 is 1.88 bits per heavy atom. The molecule has 33 heavy (non-hydrogen) atoms. The van der Waals surface area contributed by atoms with E-state index < -0.39 is 14.4 Å². The molecule has 1 N–H and O–H groups in total. The van der Waals surface area contributed by atoms with Crippen LogP contribution in [0, 0.1) is 0 Å². The fourth-order valence-electron chi connectivity index (χ4n) is 4.02. The molecule has 0 unspecified atom stereocenters. The molecule has 0 aromatic heterocycles. The largest absolute Gasteiger partial charge is 0.469 e. The van der Waals surface area contributed by atoms with E-state index in [2.05, 4.69) is 46.0 Å². The zero-order chi connectivity index (χ0) is 24.6. The monoisotopic (exact) mass is 479 g/mol. The minimum absolute atomic E-state index is 0.0869. The van der Waals surface area contributed by atoms with Crippen LogP contribution in [0.1, 0.15) is 71.8 Å². The number of unbranched alkanes of at least 4 members (excludes halogenated alkanes) is 2. The van der Waals surface area contributed by atoms with Gasteiger partial charge in [0.05, 0.1) is 13.2 Å². The highest BCUT2D eigenvalue weighted by molar-refractivity contribution is 6.74. The van der Waals surface area contributed by atoms with Crippen molar-refractivity contribution in [2.45, 2.75) is 115 Å². The molecule has 0 aliphatic carbocycles. The fraction of sp³-hybridized carbons (Fsp3) is 0.731. The summed E-state index contributed by atoms with van der Waals surface area (Å²) in [4.78, 5) is 17.7. The first-order valence-electron chi connectivity index (χ1n) is 12.3. The molecule has 4 atom stereocenters. The summed E-state index contributed by atoms with van der Waals surface area (Å²) in [6.07, 6.45) is 3.78. The van der Waals surface area contributed by atoms with E-state index in [4.69, 9.17) is 14.0 Å². The molecule has 0 bridgehead atoms. The highest BCUT2D eigenvalue weighted by Crippen LogP contribution is 2.38. The molecule has 1 aromatic rings. The van der Waals surface area contributed by atoms with Crippen molar-refractivity contribution in [1.82, 2.24) is 5.06 Å². The summed E-state index contributed by atoms with van der Waals surface area (Å²) in [7, 11) is -0.555. The molecule has 188 valence electrons. The van der Waals surface area contributed by atoms with Crippen LogP contribution in [-0.2, 0) is 25.3 Å². The first kappa shape index (κ1) is 28.0. The third-order valence-electron chi connectivity index (χ3n) is 7.16. The summed E-state index contributed by atoms with van der Waals surface area (Å²) >= 11 is 0. The second kappa shape index (κ2) is 12.5. The number of methoxy groups -OCH3 is 1. The lowest BCUT2D eigenvalue weighted by atomic mass is 9.98. The van der Waals surface area contributed by atoms with Gasteiger partial charge < -0.3 is 14.3 Å². The molecule has 1 fully saturated rings. The van der Waals surface area contributed by atoms with Crippen molar-refractivity contribution in [3.63, 3.8) is 0 Å². The number of aliphatic hydroxyl groups excluding tert-OH is 1. The molecule has 1 aliphatic rings. The van der Waals surface area contributed by atoms with E-state index in [0.29, 0.717) is 13.0 Å². The second-order valence-corrected chi connectivity index (χ2v) is 15.6. The van der Waals surface area contributed by atoms with Crippen molar-refractivity contribution >= 4 is 14.3 Å². The van der Waals surface area contributed by atoms with Crippen LogP contribution in [0.3, 0.4) is 0 Å². The maximum absolute atomic E-state index is 11.3. The van der Waals surface area contributed by atoms with E-state index >= 15 is 0 Å². The number of hydrogen-bond acceptors (Lipinski definition) is 6. The molecule has 0 saturated carbocycles. The summed E-state index contributed by atoms with van der Waals surface area (Å²) in [5.41, 5.74) is 1.19. The number of benzene rings is 1. The van der Waals surface area contributed by atoms with Crippen LogP contribution >= 0.6 is 0 Å². The molecule has 7 heteroatoms. The van der Waals surface area contributed by atoms with Crippen LogP contribution in [0.5, 0.6) is 0 Å². The molecule has 6 nitrogen and oxygen atoms in total. The summed E-state index contributed by atoms with van der Waals surface area (Å²) in [6.45, 7) is 13.7. The number of aliphatic hydroxyl groups is 1. The van der Waals surface area contributed by atoms with Gasteiger partial charge in [0.25, 0.3) is 0 Å². The number of ether oxygens (including phenoxy) is 1. The van der Waals surface area contributed by atoms with Crippen LogP contribution in [0.2, 0.25) is 18.1 Å².